The maximum atomic E-state index is 12.3. The van der Waals surface area contributed by atoms with E-state index in [-0.39, 0.29) is 24.6 Å². The summed E-state index contributed by atoms with van der Waals surface area (Å²) in [6.07, 6.45) is 2.38. The Hall–Kier alpha value is -1.17. The fourth-order valence-electron chi connectivity index (χ4n) is 1.61. The monoisotopic (exact) mass is 269 g/mol. The zero-order valence-electron chi connectivity index (χ0n) is 10.5. The van der Waals surface area contributed by atoms with Gasteiger partial charge < -0.3 is 5.11 Å². The number of sulfonamides is 1. The lowest BCUT2D eigenvalue weighted by Crippen LogP contribution is -2.33. The number of rotatable bonds is 7. The van der Waals surface area contributed by atoms with E-state index >= 15 is 0 Å². The van der Waals surface area contributed by atoms with Crippen molar-refractivity contribution >= 4 is 10.0 Å². The van der Waals surface area contributed by atoms with E-state index in [1.807, 2.05) is 6.92 Å². The molecule has 0 atom stereocenters. The van der Waals surface area contributed by atoms with Crippen LogP contribution in [0.3, 0.4) is 0 Å². The molecule has 100 valence electrons. The molecule has 18 heavy (non-hydrogen) atoms. The molecule has 1 aromatic carbocycles. The summed E-state index contributed by atoms with van der Waals surface area (Å²) in [5.41, 5.74) is 1.09. The number of aliphatic hydroxyl groups is 1. The van der Waals surface area contributed by atoms with Crippen molar-refractivity contribution < 1.29 is 13.5 Å². The molecule has 0 radical (unpaired) electrons. The maximum Gasteiger partial charge on any atom is 0.243 e. The van der Waals surface area contributed by atoms with Gasteiger partial charge in [-0.25, -0.2) is 8.42 Å². The van der Waals surface area contributed by atoms with Crippen LogP contribution in [0.1, 0.15) is 12.5 Å². The first kappa shape index (κ1) is 14.9. The summed E-state index contributed by atoms with van der Waals surface area (Å²) in [7, 11) is -3.55. The molecule has 0 saturated heterocycles. The van der Waals surface area contributed by atoms with Gasteiger partial charge in [-0.05, 0) is 24.1 Å². The molecule has 0 bridgehead atoms. The molecular formula is C13H19NO3S. The summed E-state index contributed by atoms with van der Waals surface area (Å²) in [5.74, 6) is 0. The minimum Gasteiger partial charge on any atom is -0.395 e. The van der Waals surface area contributed by atoms with Gasteiger partial charge in [0.1, 0.15) is 0 Å². The average Bonchev–Trinajstić information content (AvgIpc) is 2.38. The second-order valence-corrected chi connectivity index (χ2v) is 5.81. The lowest BCUT2D eigenvalue weighted by atomic mass is 10.2. The van der Waals surface area contributed by atoms with Gasteiger partial charge in [-0.15, -0.1) is 6.58 Å². The van der Waals surface area contributed by atoms with E-state index in [2.05, 4.69) is 6.58 Å². The van der Waals surface area contributed by atoms with E-state index in [9.17, 15) is 8.42 Å². The van der Waals surface area contributed by atoms with Crippen LogP contribution in [0, 0.1) is 0 Å². The van der Waals surface area contributed by atoms with Crippen LogP contribution in [0.15, 0.2) is 41.8 Å². The Morgan fingerprint density at radius 2 is 1.94 bits per heavy atom. The third-order valence-corrected chi connectivity index (χ3v) is 4.53. The smallest absolute Gasteiger partial charge is 0.243 e. The van der Waals surface area contributed by atoms with Crippen LogP contribution in [0.2, 0.25) is 0 Å². The zero-order chi connectivity index (χ0) is 13.6. The molecule has 0 aromatic heterocycles. The summed E-state index contributed by atoms with van der Waals surface area (Å²) in [6.45, 7) is 5.60. The van der Waals surface area contributed by atoms with E-state index in [1.54, 1.807) is 24.3 Å². The van der Waals surface area contributed by atoms with Gasteiger partial charge in [0.25, 0.3) is 0 Å². The van der Waals surface area contributed by atoms with Crippen LogP contribution >= 0.6 is 0 Å². The third kappa shape index (κ3) is 3.41. The topological polar surface area (TPSA) is 57.6 Å². The van der Waals surface area contributed by atoms with E-state index in [4.69, 9.17) is 5.11 Å². The molecule has 1 aromatic rings. The number of hydrogen-bond donors (Lipinski definition) is 1. The fraction of sp³-hybridized carbons (Fsp3) is 0.385. The summed E-state index contributed by atoms with van der Waals surface area (Å²) in [5, 5.41) is 8.92. The molecule has 0 aliphatic carbocycles. The van der Waals surface area contributed by atoms with Gasteiger partial charge in [0, 0.05) is 13.1 Å². The normalized spacial score (nSPS) is 11.7. The van der Waals surface area contributed by atoms with Crippen LogP contribution in [0.25, 0.3) is 0 Å². The highest BCUT2D eigenvalue weighted by Crippen LogP contribution is 2.16. The summed E-state index contributed by atoms with van der Waals surface area (Å²) < 4.78 is 25.8. The highest BCUT2D eigenvalue weighted by molar-refractivity contribution is 7.89. The first-order valence-electron chi connectivity index (χ1n) is 5.87. The molecule has 0 heterocycles. The molecule has 0 unspecified atom stereocenters. The largest absolute Gasteiger partial charge is 0.395 e. The molecule has 0 fully saturated rings. The average molecular weight is 269 g/mol. The Morgan fingerprint density at radius 1 is 1.33 bits per heavy atom. The molecule has 0 saturated carbocycles. The Balaban J connectivity index is 3.04. The fourth-order valence-corrected chi connectivity index (χ4v) is 3.01. The standard InChI is InChI=1S/C13H19NO3S/c1-3-9-14(10-11-15)18(16,17)13-7-5-12(4-2)6-8-13/h3,5-8,15H,1,4,9-11H2,2H3. The van der Waals surface area contributed by atoms with Crippen molar-refractivity contribution in [3.8, 4) is 0 Å². The van der Waals surface area contributed by atoms with Crippen molar-refractivity contribution in [3.05, 3.63) is 42.5 Å². The van der Waals surface area contributed by atoms with Crippen LogP contribution in [-0.2, 0) is 16.4 Å². The van der Waals surface area contributed by atoms with Crippen LogP contribution in [0.4, 0.5) is 0 Å². The van der Waals surface area contributed by atoms with Gasteiger partial charge in [0.05, 0.1) is 11.5 Å². The maximum absolute atomic E-state index is 12.3. The molecular weight excluding hydrogens is 250 g/mol. The molecule has 0 aliphatic heterocycles. The van der Waals surface area contributed by atoms with Crippen LogP contribution < -0.4 is 0 Å². The molecule has 0 aliphatic rings. The predicted octanol–water partition coefficient (Wildman–Crippen LogP) is 1.42. The van der Waals surface area contributed by atoms with Crippen molar-refractivity contribution in [3.63, 3.8) is 0 Å². The zero-order valence-corrected chi connectivity index (χ0v) is 11.4. The van der Waals surface area contributed by atoms with Gasteiger partial charge in [0.15, 0.2) is 0 Å². The van der Waals surface area contributed by atoms with Gasteiger partial charge in [-0.3, -0.25) is 0 Å². The third-order valence-electron chi connectivity index (χ3n) is 2.65. The van der Waals surface area contributed by atoms with Gasteiger partial charge in [0.2, 0.25) is 10.0 Å². The van der Waals surface area contributed by atoms with Crippen molar-refractivity contribution in [1.82, 2.24) is 4.31 Å². The van der Waals surface area contributed by atoms with E-state index < -0.39 is 10.0 Å². The quantitative estimate of drug-likeness (QED) is 0.762. The lowest BCUT2D eigenvalue weighted by Gasteiger charge is -2.19. The predicted molar refractivity (Wildman–Crippen MR) is 71.9 cm³/mol. The van der Waals surface area contributed by atoms with Crippen molar-refractivity contribution in [1.29, 1.82) is 0 Å². The van der Waals surface area contributed by atoms with Gasteiger partial charge >= 0.3 is 0 Å². The van der Waals surface area contributed by atoms with E-state index in [1.165, 1.54) is 10.4 Å². The summed E-state index contributed by atoms with van der Waals surface area (Å²) in [6, 6.07) is 6.80. The molecule has 1 rings (SSSR count). The van der Waals surface area contributed by atoms with Crippen LogP contribution in [-0.4, -0.2) is 37.5 Å². The van der Waals surface area contributed by atoms with Crippen molar-refractivity contribution in [2.24, 2.45) is 0 Å². The first-order chi connectivity index (χ1) is 8.56. The SMILES string of the molecule is C=CCN(CCO)S(=O)(=O)c1ccc(CC)cc1. The lowest BCUT2D eigenvalue weighted by molar-refractivity contribution is 0.260. The first-order valence-corrected chi connectivity index (χ1v) is 7.31. The Labute approximate surface area is 109 Å². The van der Waals surface area contributed by atoms with Gasteiger partial charge in [-0.1, -0.05) is 25.1 Å². The second-order valence-electron chi connectivity index (χ2n) is 3.87. The number of aliphatic hydroxyl groups excluding tert-OH is 1. The number of aryl methyl sites for hydroxylation is 1. The Bertz CT molecular complexity index is 479. The Morgan fingerprint density at radius 3 is 2.39 bits per heavy atom. The molecule has 0 amide bonds. The number of hydrogen-bond acceptors (Lipinski definition) is 3. The van der Waals surface area contributed by atoms with Crippen molar-refractivity contribution in [2.75, 3.05) is 19.7 Å². The molecule has 5 heteroatoms. The van der Waals surface area contributed by atoms with Gasteiger partial charge in [-0.2, -0.15) is 4.31 Å². The minimum absolute atomic E-state index is 0.0733. The summed E-state index contributed by atoms with van der Waals surface area (Å²) in [4.78, 5) is 0.245. The highest BCUT2D eigenvalue weighted by Gasteiger charge is 2.22. The summed E-state index contributed by atoms with van der Waals surface area (Å²) >= 11 is 0. The highest BCUT2D eigenvalue weighted by atomic mass is 32.2. The molecule has 4 nitrogen and oxygen atoms in total. The number of nitrogens with zero attached hydrogens (tertiary/aromatic N) is 1. The van der Waals surface area contributed by atoms with Crippen LogP contribution in [0.5, 0.6) is 0 Å². The number of benzene rings is 1. The van der Waals surface area contributed by atoms with E-state index in [0.29, 0.717) is 0 Å². The van der Waals surface area contributed by atoms with Crippen molar-refractivity contribution in [2.45, 2.75) is 18.2 Å². The Kier molecular flexibility index (Phi) is 5.53. The molecule has 1 N–H and O–H groups in total. The second kappa shape index (κ2) is 6.68. The molecule has 0 spiro atoms. The van der Waals surface area contributed by atoms with E-state index in [0.717, 1.165) is 12.0 Å². The minimum atomic E-state index is -3.55.